The summed E-state index contributed by atoms with van der Waals surface area (Å²) in [6.07, 6.45) is 2.48. The van der Waals surface area contributed by atoms with Crippen LogP contribution in [0, 0.1) is 6.92 Å². The van der Waals surface area contributed by atoms with Crippen molar-refractivity contribution in [2.75, 3.05) is 7.11 Å². The van der Waals surface area contributed by atoms with Gasteiger partial charge >= 0.3 is 0 Å². The Balaban J connectivity index is 1.61. The molecule has 4 aromatic rings. The molecule has 0 aliphatic carbocycles. The summed E-state index contributed by atoms with van der Waals surface area (Å²) in [7, 11) is 1.57. The van der Waals surface area contributed by atoms with Crippen LogP contribution >= 0.6 is 0 Å². The molecule has 2 aromatic carbocycles. The topological polar surface area (TPSA) is 72.8 Å². The number of fused-ring (bicyclic) bond motifs is 1. The van der Waals surface area contributed by atoms with Gasteiger partial charge in [0.05, 0.1) is 29.4 Å². The van der Waals surface area contributed by atoms with E-state index < -0.39 is 0 Å². The Morgan fingerprint density at radius 3 is 2.62 bits per heavy atom. The van der Waals surface area contributed by atoms with Crippen LogP contribution in [-0.2, 0) is 6.42 Å². The largest absolute Gasteiger partial charge is 0.497 e. The highest BCUT2D eigenvalue weighted by atomic mass is 16.5. The van der Waals surface area contributed by atoms with Gasteiger partial charge in [-0.25, -0.2) is 9.67 Å². The first kappa shape index (κ1) is 16.1. The average molecular weight is 346 g/mol. The summed E-state index contributed by atoms with van der Waals surface area (Å²) >= 11 is 0. The van der Waals surface area contributed by atoms with E-state index in [2.05, 4.69) is 15.1 Å². The summed E-state index contributed by atoms with van der Waals surface area (Å²) < 4.78 is 7.00. The molecule has 6 nitrogen and oxygen atoms in total. The van der Waals surface area contributed by atoms with Gasteiger partial charge in [-0.15, -0.1) is 0 Å². The van der Waals surface area contributed by atoms with Crippen molar-refractivity contribution in [1.29, 1.82) is 0 Å². The fourth-order valence-electron chi connectivity index (χ4n) is 2.90. The molecule has 0 aliphatic heterocycles. The maximum Gasteiger partial charge on any atom is 0.258 e. The molecule has 0 aliphatic rings. The van der Waals surface area contributed by atoms with E-state index in [-0.39, 0.29) is 5.56 Å². The monoisotopic (exact) mass is 346 g/mol. The molecular weight excluding hydrogens is 328 g/mol. The van der Waals surface area contributed by atoms with Gasteiger partial charge in [0.1, 0.15) is 11.6 Å². The van der Waals surface area contributed by atoms with Gasteiger partial charge in [-0.1, -0.05) is 12.1 Å². The third-order valence-electron chi connectivity index (χ3n) is 4.26. The Bertz CT molecular complexity index is 1130. The third-order valence-corrected chi connectivity index (χ3v) is 4.26. The van der Waals surface area contributed by atoms with Gasteiger partial charge in [0.25, 0.3) is 5.56 Å². The molecule has 0 amide bonds. The molecule has 0 bridgehead atoms. The lowest BCUT2D eigenvalue weighted by molar-refractivity contribution is 0.415. The van der Waals surface area contributed by atoms with Crippen LogP contribution in [0.2, 0.25) is 0 Å². The van der Waals surface area contributed by atoms with Gasteiger partial charge in [-0.05, 0) is 48.9 Å². The van der Waals surface area contributed by atoms with Crippen LogP contribution in [0.3, 0.4) is 0 Å². The van der Waals surface area contributed by atoms with E-state index in [1.54, 1.807) is 25.3 Å². The molecule has 0 saturated heterocycles. The predicted molar refractivity (Wildman–Crippen MR) is 100 cm³/mol. The lowest BCUT2D eigenvalue weighted by atomic mass is 10.1. The molecule has 130 valence electrons. The van der Waals surface area contributed by atoms with Gasteiger partial charge in [0.15, 0.2) is 0 Å². The number of hydrogen-bond donors (Lipinski definition) is 1. The van der Waals surface area contributed by atoms with Crippen molar-refractivity contribution in [1.82, 2.24) is 19.7 Å². The summed E-state index contributed by atoms with van der Waals surface area (Å²) in [5.41, 5.74) is 3.53. The van der Waals surface area contributed by atoms with Crippen LogP contribution in [-0.4, -0.2) is 26.9 Å². The standard InChI is InChI=1S/C20H18N4O2/c1-13-9-10-24(23-13)15-5-3-14(4-6-15)11-19-21-18-8-7-16(26-2)12-17(18)20(25)22-19/h3-10,12H,11H2,1-2H3,(H,21,22,25). The highest BCUT2D eigenvalue weighted by molar-refractivity contribution is 5.79. The Labute approximate surface area is 150 Å². The summed E-state index contributed by atoms with van der Waals surface area (Å²) in [6.45, 7) is 1.96. The number of nitrogens with one attached hydrogen (secondary N) is 1. The van der Waals surface area contributed by atoms with Crippen LogP contribution in [0.5, 0.6) is 5.75 Å². The van der Waals surface area contributed by atoms with Gasteiger partial charge in [-0.3, -0.25) is 4.79 Å². The van der Waals surface area contributed by atoms with Crippen molar-refractivity contribution in [2.24, 2.45) is 0 Å². The molecule has 0 spiro atoms. The van der Waals surface area contributed by atoms with E-state index in [1.165, 1.54) is 0 Å². The minimum atomic E-state index is -0.160. The molecule has 0 unspecified atom stereocenters. The van der Waals surface area contributed by atoms with Crippen LogP contribution in [0.25, 0.3) is 16.6 Å². The number of aromatic amines is 1. The number of ether oxygens (including phenoxy) is 1. The zero-order valence-electron chi connectivity index (χ0n) is 14.6. The zero-order valence-corrected chi connectivity index (χ0v) is 14.6. The number of rotatable bonds is 4. The maximum absolute atomic E-state index is 12.3. The second-order valence-corrected chi connectivity index (χ2v) is 6.14. The number of aryl methyl sites for hydroxylation is 1. The number of aromatic nitrogens is 4. The van der Waals surface area contributed by atoms with Gasteiger partial charge in [0, 0.05) is 12.6 Å². The average Bonchev–Trinajstić information content (AvgIpc) is 3.08. The minimum absolute atomic E-state index is 0.160. The van der Waals surface area contributed by atoms with E-state index in [4.69, 9.17) is 4.74 Å². The molecule has 2 aromatic heterocycles. The van der Waals surface area contributed by atoms with Crippen molar-refractivity contribution in [3.8, 4) is 11.4 Å². The molecule has 26 heavy (non-hydrogen) atoms. The van der Waals surface area contributed by atoms with E-state index in [9.17, 15) is 4.79 Å². The van der Waals surface area contributed by atoms with Gasteiger partial charge < -0.3 is 9.72 Å². The summed E-state index contributed by atoms with van der Waals surface area (Å²) in [5.74, 6) is 1.28. The highest BCUT2D eigenvalue weighted by Crippen LogP contribution is 2.17. The van der Waals surface area contributed by atoms with E-state index in [0.29, 0.717) is 28.9 Å². The highest BCUT2D eigenvalue weighted by Gasteiger charge is 2.07. The molecule has 0 radical (unpaired) electrons. The first-order chi connectivity index (χ1) is 12.6. The van der Waals surface area contributed by atoms with Crippen LogP contribution in [0.15, 0.2) is 59.5 Å². The SMILES string of the molecule is COc1ccc2nc(Cc3ccc(-n4ccc(C)n4)cc3)[nH]c(=O)c2c1. The molecule has 1 N–H and O–H groups in total. The molecular formula is C20H18N4O2. The van der Waals surface area contributed by atoms with E-state index in [1.807, 2.05) is 48.1 Å². The van der Waals surface area contributed by atoms with Crippen LogP contribution < -0.4 is 10.3 Å². The summed E-state index contributed by atoms with van der Waals surface area (Å²) in [6, 6.07) is 15.3. The second-order valence-electron chi connectivity index (χ2n) is 6.14. The summed E-state index contributed by atoms with van der Waals surface area (Å²) in [4.78, 5) is 19.8. The molecule has 2 heterocycles. The Morgan fingerprint density at radius 1 is 1.12 bits per heavy atom. The zero-order chi connectivity index (χ0) is 18.1. The van der Waals surface area contributed by atoms with Crippen molar-refractivity contribution in [3.05, 3.63) is 82.2 Å². The normalized spacial score (nSPS) is 11.0. The number of nitrogens with zero attached hydrogens (tertiary/aromatic N) is 3. The quantitative estimate of drug-likeness (QED) is 0.616. The number of benzene rings is 2. The second kappa shape index (κ2) is 6.48. The lowest BCUT2D eigenvalue weighted by Gasteiger charge is -2.06. The smallest absolute Gasteiger partial charge is 0.258 e. The van der Waals surface area contributed by atoms with Crippen molar-refractivity contribution in [3.63, 3.8) is 0 Å². The number of methoxy groups -OCH3 is 1. The first-order valence-electron chi connectivity index (χ1n) is 8.31. The van der Waals surface area contributed by atoms with Crippen molar-refractivity contribution >= 4 is 10.9 Å². The maximum atomic E-state index is 12.3. The minimum Gasteiger partial charge on any atom is -0.497 e. The van der Waals surface area contributed by atoms with Crippen molar-refractivity contribution < 1.29 is 4.74 Å². The molecule has 4 rings (SSSR count). The Kier molecular flexibility index (Phi) is 4.01. The van der Waals surface area contributed by atoms with Crippen LogP contribution in [0.4, 0.5) is 0 Å². The van der Waals surface area contributed by atoms with E-state index in [0.717, 1.165) is 16.9 Å². The Morgan fingerprint density at radius 2 is 1.92 bits per heavy atom. The molecule has 0 saturated carbocycles. The fourth-order valence-corrected chi connectivity index (χ4v) is 2.90. The molecule has 0 atom stereocenters. The number of H-pyrrole nitrogens is 1. The van der Waals surface area contributed by atoms with Gasteiger partial charge in [-0.2, -0.15) is 5.10 Å². The number of hydrogen-bond acceptors (Lipinski definition) is 4. The molecule has 6 heteroatoms. The molecule has 0 fully saturated rings. The van der Waals surface area contributed by atoms with Crippen molar-refractivity contribution in [2.45, 2.75) is 13.3 Å². The lowest BCUT2D eigenvalue weighted by Crippen LogP contribution is -2.12. The van der Waals surface area contributed by atoms with E-state index >= 15 is 0 Å². The predicted octanol–water partition coefficient (Wildman–Crippen LogP) is 3.02. The summed E-state index contributed by atoms with van der Waals surface area (Å²) in [5, 5.41) is 4.93. The Hall–Kier alpha value is -3.41. The first-order valence-corrected chi connectivity index (χ1v) is 8.31. The third kappa shape index (κ3) is 3.09. The van der Waals surface area contributed by atoms with Gasteiger partial charge in [0.2, 0.25) is 0 Å². The fraction of sp³-hybridized carbons (Fsp3) is 0.150. The van der Waals surface area contributed by atoms with Crippen LogP contribution in [0.1, 0.15) is 17.1 Å².